The Labute approximate surface area is 90.8 Å². The van der Waals surface area contributed by atoms with E-state index in [4.69, 9.17) is 12.3 Å². The molecule has 4 heteroatoms. The highest BCUT2D eigenvalue weighted by molar-refractivity contribution is 9.10. The fourth-order valence-electron chi connectivity index (χ4n) is 1.16. The molecule has 2 nitrogen and oxygen atoms in total. The molecule has 0 aliphatic rings. The number of terminal acetylenes is 1. The van der Waals surface area contributed by atoms with Crippen molar-refractivity contribution in [3.8, 4) is 12.3 Å². The van der Waals surface area contributed by atoms with E-state index >= 15 is 0 Å². The third kappa shape index (κ3) is 2.55. The third-order valence-electron chi connectivity index (χ3n) is 1.86. The van der Waals surface area contributed by atoms with Crippen LogP contribution in [-0.2, 0) is 0 Å². The van der Waals surface area contributed by atoms with E-state index in [0.717, 1.165) is 4.47 Å². The first-order valence-corrected chi connectivity index (χ1v) is 4.83. The monoisotopic (exact) mass is 256 g/mol. The maximum Gasteiger partial charge on any atom is 0.128 e. The lowest BCUT2D eigenvalue weighted by molar-refractivity contribution is 0.521. The fourth-order valence-corrected chi connectivity index (χ4v) is 1.54. The lowest BCUT2D eigenvalue weighted by Crippen LogP contribution is -2.28. The van der Waals surface area contributed by atoms with Crippen molar-refractivity contribution in [3.05, 3.63) is 34.1 Å². The second-order valence-corrected chi connectivity index (χ2v) is 3.71. The molecule has 0 aliphatic heterocycles. The number of benzene rings is 1. The number of hydrazine groups is 1. The Bertz CT molecular complexity index is 360. The lowest BCUT2D eigenvalue weighted by atomic mass is 10.0. The SMILES string of the molecule is C#CCC(NN)c1cc(Br)ccc1F. The Kier molecular flexibility index (Phi) is 4.08. The van der Waals surface area contributed by atoms with E-state index in [1.165, 1.54) is 6.07 Å². The van der Waals surface area contributed by atoms with Gasteiger partial charge in [-0.05, 0) is 18.2 Å². The molecule has 0 saturated carbocycles. The van der Waals surface area contributed by atoms with Gasteiger partial charge >= 0.3 is 0 Å². The van der Waals surface area contributed by atoms with Gasteiger partial charge in [0, 0.05) is 16.5 Å². The standard InChI is InChI=1S/C10H10BrFN2/c1-2-3-10(14-13)8-6-7(11)4-5-9(8)12/h1,4-6,10,14H,3,13H2. The molecule has 0 aliphatic carbocycles. The predicted molar refractivity (Wildman–Crippen MR) is 57.6 cm³/mol. The molecule has 0 saturated heterocycles. The zero-order valence-corrected chi connectivity index (χ0v) is 9.01. The molecule has 0 spiro atoms. The van der Waals surface area contributed by atoms with Crippen LogP contribution in [0.3, 0.4) is 0 Å². The third-order valence-corrected chi connectivity index (χ3v) is 2.35. The number of hydrogen-bond donors (Lipinski definition) is 2. The molecule has 0 amide bonds. The van der Waals surface area contributed by atoms with Crippen molar-refractivity contribution in [2.24, 2.45) is 5.84 Å². The summed E-state index contributed by atoms with van der Waals surface area (Å²) in [4.78, 5) is 0. The van der Waals surface area contributed by atoms with Crippen molar-refractivity contribution in [2.45, 2.75) is 12.5 Å². The van der Waals surface area contributed by atoms with Crippen LogP contribution in [0.1, 0.15) is 18.0 Å². The number of halogens is 2. The van der Waals surface area contributed by atoms with Crippen LogP contribution >= 0.6 is 15.9 Å². The Hall–Kier alpha value is -0.890. The predicted octanol–water partition coefficient (Wildman–Crippen LogP) is 2.12. The molecule has 0 aromatic heterocycles. The molecule has 0 heterocycles. The zero-order chi connectivity index (χ0) is 10.6. The summed E-state index contributed by atoms with van der Waals surface area (Å²) >= 11 is 3.26. The van der Waals surface area contributed by atoms with Crippen molar-refractivity contribution >= 4 is 15.9 Å². The quantitative estimate of drug-likeness (QED) is 0.494. The maximum absolute atomic E-state index is 13.3. The average molecular weight is 257 g/mol. The molecule has 3 N–H and O–H groups in total. The summed E-state index contributed by atoms with van der Waals surface area (Å²) in [5.74, 6) is 7.41. The normalized spacial score (nSPS) is 12.1. The van der Waals surface area contributed by atoms with Crippen molar-refractivity contribution in [3.63, 3.8) is 0 Å². The highest BCUT2D eigenvalue weighted by Crippen LogP contribution is 2.23. The van der Waals surface area contributed by atoms with Crippen LogP contribution < -0.4 is 11.3 Å². The van der Waals surface area contributed by atoms with E-state index < -0.39 is 0 Å². The zero-order valence-electron chi connectivity index (χ0n) is 7.43. The van der Waals surface area contributed by atoms with Crippen molar-refractivity contribution in [2.75, 3.05) is 0 Å². The molecular weight excluding hydrogens is 247 g/mol. The average Bonchev–Trinajstić information content (AvgIpc) is 2.18. The molecule has 0 radical (unpaired) electrons. The van der Waals surface area contributed by atoms with Gasteiger partial charge in [-0.1, -0.05) is 15.9 Å². The van der Waals surface area contributed by atoms with Gasteiger partial charge in [-0.15, -0.1) is 12.3 Å². The minimum Gasteiger partial charge on any atom is -0.271 e. The molecule has 1 rings (SSSR count). The first-order valence-electron chi connectivity index (χ1n) is 4.03. The van der Waals surface area contributed by atoms with Gasteiger partial charge in [0.1, 0.15) is 5.82 Å². The summed E-state index contributed by atoms with van der Waals surface area (Å²) in [7, 11) is 0. The van der Waals surface area contributed by atoms with Gasteiger partial charge in [-0.3, -0.25) is 11.3 Å². The van der Waals surface area contributed by atoms with Crippen LogP contribution in [-0.4, -0.2) is 0 Å². The van der Waals surface area contributed by atoms with E-state index in [0.29, 0.717) is 12.0 Å². The van der Waals surface area contributed by atoms with Crippen molar-refractivity contribution < 1.29 is 4.39 Å². The molecule has 0 fully saturated rings. The summed E-state index contributed by atoms with van der Waals surface area (Å²) in [6, 6.07) is 4.32. The van der Waals surface area contributed by atoms with Gasteiger partial charge in [-0.25, -0.2) is 4.39 Å². The highest BCUT2D eigenvalue weighted by Gasteiger charge is 2.13. The second kappa shape index (κ2) is 5.11. The van der Waals surface area contributed by atoms with Crippen molar-refractivity contribution in [1.29, 1.82) is 0 Å². The summed E-state index contributed by atoms with van der Waals surface area (Å²) in [5, 5.41) is 0. The number of rotatable bonds is 3. The molecule has 1 aromatic rings. The number of nitrogens with two attached hydrogens (primary N) is 1. The topological polar surface area (TPSA) is 38.0 Å². The van der Waals surface area contributed by atoms with E-state index in [9.17, 15) is 4.39 Å². The summed E-state index contributed by atoms with van der Waals surface area (Å²) in [6.07, 6.45) is 5.50. The number of hydrogen-bond acceptors (Lipinski definition) is 2. The number of nitrogens with one attached hydrogen (secondary N) is 1. The van der Waals surface area contributed by atoms with Gasteiger partial charge in [0.05, 0.1) is 6.04 Å². The van der Waals surface area contributed by atoms with Gasteiger partial charge in [0.2, 0.25) is 0 Å². The van der Waals surface area contributed by atoms with Crippen LogP contribution in [0.2, 0.25) is 0 Å². The summed E-state index contributed by atoms with van der Waals surface area (Å²) in [5.41, 5.74) is 2.96. The minimum absolute atomic E-state index is 0.314. The Morgan fingerprint density at radius 3 is 2.93 bits per heavy atom. The van der Waals surface area contributed by atoms with E-state index in [-0.39, 0.29) is 11.9 Å². The largest absolute Gasteiger partial charge is 0.271 e. The Balaban J connectivity index is 3.03. The van der Waals surface area contributed by atoms with Crippen LogP contribution in [0, 0.1) is 18.2 Å². The van der Waals surface area contributed by atoms with Crippen LogP contribution in [0.4, 0.5) is 4.39 Å². The van der Waals surface area contributed by atoms with Gasteiger partial charge < -0.3 is 0 Å². The molecule has 74 valence electrons. The Morgan fingerprint density at radius 1 is 1.64 bits per heavy atom. The molecule has 1 aromatic carbocycles. The van der Waals surface area contributed by atoms with Gasteiger partial charge in [0.15, 0.2) is 0 Å². The lowest BCUT2D eigenvalue weighted by Gasteiger charge is -2.14. The van der Waals surface area contributed by atoms with Crippen LogP contribution in [0.5, 0.6) is 0 Å². The van der Waals surface area contributed by atoms with E-state index in [1.807, 2.05) is 0 Å². The van der Waals surface area contributed by atoms with Crippen LogP contribution in [0.25, 0.3) is 0 Å². The maximum atomic E-state index is 13.3. The van der Waals surface area contributed by atoms with Crippen LogP contribution in [0.15, 0.2) is 22.7 Å². The fraction of sp³-hybridized carbons (Fsp3) is 0.200. The van der Waals surface area contributed by atoms with E-state index in [1.54, 1.807) is 12.1 Å². The van der Waals surface area contributed by atoms with Gasteiger partial charge in [-0.2, -0.15) is 0 Å². The minimum atomic E-state index is -0.350. The molecule has 0 bridgehead atoms. The first-order chi connectivity index (χ1) is 6.69. The Morgan fingerprint density at radius 2 is 2.36 bits per heavy atom. The van der Waals surface area contributed by atoms with E-state index in [2.05, 4.69) is 27.3 Å². The second-order valence-electron chi connectivity index (χ2n) is 2.79. The molecule has 1 unspecified atom stereocenters. The smallest absolute Gasteiger partial charge is 0.128 e. The highest BCUT2D eigenvalue weighted by atomic mass is 79.9. The first kappa shape index (κ1) is 11.2. The van der Waals surface area contributed by atoms with Gasteiger partial charge in [0.25, 0.3) is 0 Å². The molecular formula is C10H10BrFN2. The summed E-state index contributed by atoms with van der Waals surface area (Å²) in [6.45, 7) is 0. The summed E-state index contributed by atoms with van der Waals surface area (Å²) < 4.78 is 14.1. The van der Waals surface area contributed by atoms with Crippen molar-refractivity contribution in [1.82, 2.24) is 5.43 Å². The molecule has 1 atom stereocenters. The molecule has 14 heavy (non-hydrogen) atoms.